The molecule has 1 rings (SSSR count). The summed E-state index contributed by atoms with van der Waals surface area (Å²) < 4.78 is 0. The summed E-state index contributed by atoms with van der Waals surface area (Å²) in [5, 5.41) is 2.98. The Morgan fingerprint density at radius 1 is 1.29 bits per heavy atom. The number of nitrogens with one attached hydrogen (secondary N) is 1. The minimum atomic E-state index is 0.0248. The first-order valence-corrected chi connectivity index (χ1v) is 5.49. The molecule has 2 amide bonds. The molecule has 14 heavy (non-hydrogen) atoms. The summed E-state index contributed by atoms with van der Waals surface area (Å²) in [5.41, 5.74) is 0.337. The van der Waals surface area contributed by atoms with Crippen molar-refractivity contribution in [1.29, 1.82) is 0 Å². The van der Waals surface area contributed by atoms with Crippen LogP contribution in [-0.4, -0.2) is 31.6 Å². The molecule has 0 aliphatic heterocycles. The molecular formula is C11H22N2O. The average molecular weight is 198 g/mol. The molecular weight excluding hydrogens is 176 g/mol. The van der Waals surface area contributed by atoms with E-state index >= 15 is 0 Å². The summed E-state index contributed by atoms with van der Waals surface area (Å²) in [6, 6.07) is 0.0248. The minimum absolute atomic E-state index is 0.0248. The second-order valence-electron chi connectivity index (χ2n) is 4.92. The number of rotatable bonds is 2. The molecule has 0 aromatic carbocycles. The van der Waals surface area contributed by atoms with Crippen molar-refractivity contribution < 1.29 is 4.79 Å². The zero-order valence-electron chi connectivity index (χ0n) is 9.60. The zero-order valence-corrected chi connectivity index (χ0v) is 9.60. The lowest BCUT2D eigenvalue weighted by Crippen LogP contribution is -2.41. The van der Waals surface area contributed by atoms with Crippen LogP contribution in [0.2, 0.25) is 0 Å². The Morgan fingerprint density at radius 3 is 2.36 bits per heavy atom. The van der Waals surface area contributed by atoms with E-state index in [1.807, 2.05) is 0 Å². The molecule has 1 saturated carbocycles. The molecule has 0 saturated heterocycles. The molecule has 0 unspecified atom stereocenters. The SMILES string of the molecule is CN(C)C(=O)NCC1(C)CCCCC1. The summed E-state index contributed by atoms with van der Waals surface area (Å²) in [6.45, 7) is 3.10. The first kappa shape index (κ1) is 11.3. The van der Waals surface area contributed by atoms with E-state index < -0.39 is 0 Å². The number of nitrogens with zero attached hydrogens (tertiary/aromatic N) is 1. The van der Waals surface area contributed by atoms with Crippen LogP contribution in [-0.2, 0) is 0 Å². The summed E-state index contributed by atoms with van der Waals surface area (Å²) in [4.78, 5) is 12.9. The molecule has 3 nitrogen and oxygen atoms in total. The van der Waals surface area contributed by atoms with Crippen molar-refractivity contribution in [2.24, 2.45) is 5.41 Å². The Morgan fingerprint density at radius 2 is 1.86 bits per heavy atom. The predicted octanol–water partition coefficient (Wildman–Crippen LogP) is 2.23. The van der Waals surface area contributed by atoms with Crippen molar-refractivity contribution in [3.8, 4) is 0 Å². The second kappa shape index (κ2) is 4.67. The van der Waals surface area contributed by atoms with Crippen LogP contribution >= 0.6 is 0 Å². The number of carbonyl (C=O) groups excluding carboxylic acids is 1. The highest BCUT2D eigenvalue weighted by atomic mass is 16.2. The molecule has 1 aliphatic carbocycles. The van der Waals surface area contributed by atoms with Gasteiger partial charge in [0.2, 0.25) is 0 Å². The van der Waals surface area contributed by atoms with Crippen molar-refractivity contribution in [2.75, 3.05) is 20.6 Å². The van der Waals surface area contributed by atoms with Gasteiger partial charge in [-0.25, -0.2) is 4.79 Å². The van der Waals surface area contributed by atoms with Gasteiger partial charge in [0.1, 0.15) is 0 Å². The molecule has 3 heteroatoms. The molecule has 1 N–H and O–H groups in total. The van der Waals surface area contributed by atoms with Gasteiger partial charge in [0.05, 0.1) is 0 Å². The van der Waals surface area contributed by atoms with Crippen LogP contribution in [0, 0.1) is 5.41 Å². The van der Waals surface area contributed by atoms with Crippen molar-refractivity contribution in [3.63, 3.8) is 0 Å². The third kappa shape index (κ3) is 3.20. The molecule has 0 heterocycles. The van der Waals surface area contributed by atoms with Gasteiger partial charge < -0.3 is 10.2 Å². The minimum Gasteiger partial charge on any atom is -0.337 e. The maximum absolute atomic E-state index is 11.3. The Balaban J connectivity index is 2.32. The summed E-state index contributed by atoms with van der Waals surface area (Å²) >= 11 is 0. The Hall–Kier alpha value is -0.730. The fourth-order valence-electron chi connectivity index (χ4n) is 2.03. The molecule has 82 valence electrons. The topological polar surface area (TPSA) is 32.3 Å². The quantitative estimate of drug-likeness (QED) is 0.725. The molecule has 0 bridgehead atoms. The van der Waals surface area contributed by atoms with Crippen molar-refractivity contribution in [1.82, 2.24) is 10.2 Å². The highest BCUT2D eigenvalue weighted by Crippen LogP contribution is 2.34. The van der Waals surface area contributed by atoms with Gasteiger partial charge in [-0.2, -0.15) is 0 Å². The summed E-state index contributed by atoms with van der Waals surface area (Å²) in [7, 11) is 3.55. The standard InChI is InChI=1S/C11H22N2O/c1-11(7-5-4-6-8-11)9-12-10(14)13(2)3/h4-9H2,1-3H3,(H,12,14). The molecule has 0 aromatic rings. The van der Waals surface area contributed by atoms with Crippen molar-refractivity contribution in [3.05, 3.63) is 0 Å². The normalized spacial score (nSPS) is 20.2. The highest BCUT2D eigenvalue weighted by Gasteiger charge is 2.27. The van der Waals surface area contributed by atoms with Crippen LogP contribution in [0.15, 0.2) is 0 Å². The zero-order chi connectivity index (χ0) is 10.6. The van der Waals surface area contributed by atoms with Crippen LogP contribution in [0.4, 0.5) is 4.79 Å². The van der Waals surface area contributed by atoms with Gasteiger partial charge in [-0.05, 0) is 18.3 Å². The predicted molar refractivity (Wildman–Crippen MR) is 58.3 cm³/mol. The lowest BCUT2D eigenvalue weighted by atomic mass is 9.76. The van der Waals surface area contributed by atoms with E-state index in [0.29, 0.717) is 5.41 Å². The maximum atomic E-state index is 11.3. The van der Waals surface area contributed by atoms with E-state index in [-0.39, 0.29) is 6.03 Å². The fourth-order valence-corrected chi connectivity index (χ4v) is 2.03. The van der Waals surface area contributed by atoms with Gasteiger partial charge in [0, 0.05) is 20.6 Å². The Kier molecular flexibility index (Phi) is 3.78. The van der Waals surface area contributed by atoms with Crippen LogP contribution in [0.25, 0.3) is 0 Å². The number of carbonyl (C=O) groups is 1. The van der Waals surface area contributed by atoms with Crippen LogP contribution in [0.3, 0.4) is 0 Å². The second-order valence-corrected chi connectivity index (χ2v) is 4.92. The van der Waals surface area contributed by atoms with Gasteiger partial charge in [-0.15, -0.1) is 0 Å². The molecule has 1 fully saturated rings. The van der Waals surface area contributed by atoms with E-state index in [0.717, 1.165) is 6.54 Å². The number of hydrogen-bond donors (Lipinski definition) is 1. The third-order valence-electron chi connectivity index (χ3n) is 3.13. The molecule has 0 radical (unpaired) electrons. The molecule has 0 spiro atoms. The summed E-state index contributed by atoms with van der Waals surface area (Å²) in [6.07, 6.45) is 6.49. The number of amides is 2. The van der Waals surface area contributed by atoms with Gasteiger partial charge in [0.15, 0.2) is 0 Å². The lowest BCUT2D eigenvalue weighted by molar-refractivity contribution is 0.187. The van der Waals surface area contributed by atoms with Crippen molar-refractivity contribution in [2.45, 2.75) is 39.0 Å². The van der Waals surface area contributed by atoms with Crippen LogP contribution < -0.4 is 5.32 Å². The largest absolute Gasteiger partial charge is 0.337 e. The van der Waals surface area contributed by atoms with E-state index in [9.17, 15) is 4.79 Å². The Labute approximate surface area is 86.9 Å². The van der Waals surface area contributed by atoms with Crippen LogP contribution in [0.1, 0.15) is 39.0 Å². The van der Waals surface area contributed by atoms with E-state index in [2.05, 4.69) is 12.2 Å². The molecule has 0 atom stereocenters. The first-order valence-electron chi connectivity index (χ1n) is 5.49. The first-order chi connectivity index (χ1) is 6.53. The average Bonchev–Trinajstić information content (AvgIpc) is 2.15. The monoisotopic (exact) mass is 198 g/mol. The summed E-state index contributed by atoms with van der Waals surface area (Å²) in [5.74, 6) is 0. The van der Waals surface area contributed by atoms with Gasteiger partial charge >= 0.3 is 6.03 Å². The fraction of sp³-hybridized carbons (Fsp3) is 0.909. The molecule has 0 aromatic heterocycles. The van der Waals surface area contributed by atoms with Gasteiger partial charge in [-0.1, -0.05) is 26.2 Å². The Bertz CT molecular complexity index is 195. The van der Waals surface area contributed by atoms with Gasteiger partial charge in [-0.3, -0.25) is 0 Å². The smallest absolute Gasteiger partial charge is 0.316 e. The number of urea groups is 1. The van der Waals surface area contributed by atoms with Crippen LogP contribution in [0.5, 0.6) is 0 Å². The van der Waals surface area contributed by atoms with E-state index in [1.54, 1.807) is 19.0 Å². The maximum Gasteiger partial charge on any atom is 0.316 e. The van der Waals surface area contributed by atoms with E-state index in [4.69, 9.17) is 0 Å². The third-order valence-corrected chi connectivity index (χ3v) is 3.13. The van der Waals surface area contributed by atoms with Crippen molar-refractivity contribution >= 4 is 6.03 Å². The number of hydrogen-bond acceptors (Lipinski definition) is 1. The lowest BCUT2D eigenvalue weighted by Gasteiger charge is -2.34. The van der Waals surface area contributed by atoms with Gasteiger partial charge in [0.25, 0.3) is 0 Å². The molecule has 1 aliphatic rings. The highest BCUT2D eigenvalue weighted by molar-refractivity contribution is 5.73. The van der Waals surface area contributed by atoms with E-state index in [1.165, 1.54) is 32.1 Å².